The van der Waals surface area contributed by atoms with Crippen molar-refractivity contribution in [1.82, 2.24) is 0 Å². The quantitative estimate of drug-likeness (QED) is 0.841. The summed E-state index contributed by atoms with van der Waals surface area (Å²) in [7, 11) is 0. The van der Waals surface area contributed by atoms with E-state index < -0.39 is 0 Å². The van der Waals surface area contributed by atoms with Gasteiger partial charge in [-0.05, 0) is 49.1 Å². The number of benzene rings is 1. The van der Waals surface area contributed by atoms with Crippen molar-refractivity contribution in [3.8, 4) is 5.75 Å². The molecule has 0 aliphatic heterocycles. The highest BCUT2D eigenvalue weighted by atomic mass is 16.5. The lowest BCUT2D eigenvalue weighted by atomic mass is 10.1. The van der Waals surface area contributed by atoms with Crippen LogP contribution in [0.15, 0.2) is 42.2 Å². The minimum atomic E-state index is 0.0731. The van der Waals surface area contributed by atoms with Crippen molar-refractivity contribution in [2.45, 2.75) is 26.4 Å². The Balaban J connectivity index is 2.15. The molecule has 0 atom stereocenters. The summed E-state index contributed by atoms with van der Waals surface area (Å²) in [5, 5.41) is 9.01. The van der Waals surface area contributed by atoms with E-state index in [9.17, 15) is 0 Å². The highest BCUT2D eigenvalue weighted by molar-refractivity contribution is 5.38. The maximum Gasteiger partial charge on any atom is 0.130 e. The van der Waals surface area contributed by atoms with Crippen LogP contribution in [0.25, 0.3) is 0 Å². The van der Waals surface area contributed by atoms with Crippen LogP contribution in [-0.2, 0) is 6.61 Å². The van der Waals surface area contributed by atoms with Crippen molar-refractivity contribution < 1.29 is 9.84 Å². The van der Waals surface area contributed by atoms with Crippen molar-refractivity contribution >= 4 is 0 Å². The predicted molar refractivity (Wildman–Crippen MR) is 64.2 cm³/mol. The van der Waals surface area contributed by atoms with Crippen LogP contribution in [-0.4, -0.2) is 5.11 Å². The number of aliphatic hydroxyl groups excluding tert-OH is 1. The lowest BCUT2D eigenvalue weighted by molar-refractivity contribution is 0.281. The standard InChI is InChI=1S/C14H16O2/c1-11-9-12(10-15)7-8-14(11)16-13-5-3-2-4-6-13/h3,5-9,15H,2,4,10H2,1H3. The third kappa shape index (κ3) is 2.52. The van der Waals surface area contributed by atoms with Gasteiger partial charge in [-0.15, -0.1) is 0 Å². The molecule has 2 heteroatoms. The number of rotatable bonds is 3. The summed E-state index contributed by atoms with van der Waals surface area (Å²) in [6.45, 7) is 2.06. The fourth-order valence-electron chi connectivity index (χ4n) is 1.72. The normalized spacial score (nSPS) is 14.8. The zero-order valence-corrected chi connectivity index (χ0v) is 9.44. The van der Waals surface area contributed by atoms with E-state index in [4.69, 9.17) is 9.84 Å². The first-order valence-electron chi connectivity index (χ1n) is 5.54. The fourth-order valence-corrected chi connectivity index (χ4v) is 1.72. The average molecular weight is 216 g/mol. The molecule has 1 aromatic rings. The third-order valence-corrected chi connectivity index (χ3v) is 2.61. The van der Waals surface area contributed by atoms with E-state index in [-0.39, 0.29) is 6.61 Å². The molecule has 16 heavy (non-hydrogen) atoms. The van der Waals surface area contributed by atoms with Crippen LogP contribution in [0.5, 0.6) is 5.75 Å². The zero-order valence-electron chi connectivity index (χ0n) is 9.44. The van der Waals surface area contributed by atoms with E-state index in [1.54, 1.807) is 0 Å². The Labute approximate surface area is 95.9 Å². The molecule has 0 heterocycles. The molecule has 2 nitrogen and oxygen atoms in total. The van der Waals surface area contributed by atoms with Gasteiger partial charge in [0.2, 0.25) is 0 Å². The zero-order chi connectivity index (χ0) is 11.4. The number of allylic oxidation sites excluding steroid dienone is 3. The topological polar surface area (TPSA) is 29.5 Å². The Morgan fingerprint density at radius 2 is 2.19 bits per heavy atom. The summed E-state index contributed by atoms with van der Waals surface area (Å²) < 4.78 is 5.78. The molecule has 0 aromatic heterocycles. The van der Waals surface area contributed by atoms with Gasteiger partial charge in [0, 0.05) is 0 Å². The van der Waals surface area contributed by atoms with Gasteiger partial charge in [-0.3, -0.25) is 0 Å². The summed E-state index contributed by atoms with van der Waals surface area (Å²) in [4.78, 5) is 0. The Morgan fingerprint density at radius 1 is 1.31 bits per heavy atom. The van der Waals surface area contributed by atoms with Gasteiger partial charge in [0.25, 0.3) is 0 Å². The van der Waals surface area contributed by atoms with Crippen LogP contribution < -0.4 is 4.74 Å². The van der Waals surface area contributed by atoms with E-state index in [1.165, 1.54) is 0 Å². The van der Waals surface area contributed by atoms with E-state index in [2.05, 4.69) is 12.2 Å². The lowest BCUT2D eigenvalue weighted by Gasteiger charge is -2.12. The second kappa shape index (κ2) is 4.99. The molecule has 0 unspecified atom stereocenters. The van der Waals surface area contributed by atoms with Gasteiger partial charge in [0.15, 0.2) is 0 Å². The predicted octanol–water partition coefficient (Wildman–Crippen LogP) is 3.10. The van der Waals surface area contributed by atoms with Crippen LogP contribution in [0.2, 0.25) is 0 Å². The second-order valence-electron chi connectivity index (χ2n) is 3.95. The summed E-state index contributed by atoms with van der Waals surface area (Å²) in [5.74, 6) is 1.76. The second-order valence-corrected chi connectivity index (χ2v) is 3.95. The number of aliphatic hydroxyl groups is 1. The number of hydrogen-bond acceptors (Lipinski definition) is 2. The molecule has 1 aliphatic carbocycles. The number of aryl methyl sites for hydroxylation is 1. The minimum absolute atomic E-state index is 0.0731. The van der Waals surface area contributed by atoms with Crippen molar-refractivity contribution in [1.29, 1.82) is 0 Å². The van der Waals surface area contributed by atoms with Crippen molar-refractivity contribution in [2.24, 2.45) is 0 Å². The Hall–Kier alpha value is -1.54. The van der Waals surface area contributed by atoms with Crippen molar-refractivity contribution in [3.05, 3.63) is 53.3 Å². The van der Waals surface area contributed by atoms with Crippen LogP contribution in [0.1, 0.15) is 24.0 Å². The van der Waals surface area contributed by atoms with Crippen LogP contribution >= 0.6 is 0 Å². The number of ether oxygens (including phenoxy) is 1. The first kappa shape index (κ1) is 11.0. The molecule has 2 rings (SSSR count). The Kier molecular flexibility index (Phi) is 3.42. The van der Waals surface area contributed by atoms with Crippen molar-refractivity contribution in [2.75, 3.05) is 0 Å². The largest absolute Gasteiger partial charge is 0.457 e. The molecule has 0 saturated carbocycles. The van der Waals surface area contributed by atoms with Crippen LogP contribution in [0.3, 0.4) is 0 Å². The highest BCUT2D eigenvalue weighted by Crippen LogP contribution is 2.23. The first-order chi connectivity index (χ1) is 7.79. The van der Waals surface area contributed by atoms with E-state index in [0.717, 1.165) is 35.5 Å². The molecule has 1 N–H and O–H groups in total. The molecule has 1 aromatic carbocycles. The molecule has 0 amide bonds. The molecule has 0 saturated heterocycles. The molecule has 1 aliphatic rings. The lowest BCUT2D eigenvalue weighted by Crippen LogP contribution is -1.97. The number of hydrogen-bond donors (Lipinski definition) is 1. The van der Waals surface area contributed by atoms with Gasteiger partial charge in [-0.25, -0.2) is 0 Å². The van der Waals surface area contributed by atoms with E-state index >= 15 is 0 Å². The smallest absolute Gasteiger partial charge is 0.130 e. The molecule has 0 spiro atoms. The van der Waals surface area contributed by atoms with E-state index in [1.807, 2.05) is 31.2 Å². The maximum atomic E-state index is 9.01. The fraction of sp³-hybridized carbons (Fsp3) is 0.286. The van der Waals surface area contributed by atoms with Gasteiger partial charge in [-0.2, -0.15) is 0 Å². The molecule has 0 radical (unpaired) electrons. The summed E-state index contributed by atoms with van der Waals surface area (Å²) in [6, 6.07) is 5.74. The molecule has 0 fully saturated rings. The third-order valence-electron chi connectivity index (χ3n) is 2.61. The van der Waals surface area contributed by atoms with Gasteiger partial charge < -0.3 is 9.84 Å². The first-order valence-corrected chi connectivity index (χ1v) is 5.54. The monoisotopic (exact) mass is 216 g/mol. The highest BCUT2D eigenvalue weighted by Gasteiger charge is 2.04. The Morgan fingerprint density at radius 3 is 2.81 bits per heavy atom. The Bertz CT molecular complexity index is 430. The van der Waals surface area contributed by atoms with Gasteiger partial charge >= 0.3 is 0 Å². The summed E-state index contributed by atoms with van der Waals surface area (Å²) >= 11 is 0. The summed E-state index contributed by atoms with van der Waals surface area (Å²) in [6.07, 6.45) is 8.35. The summed E-state index contributed by atoms with van der Waals surface area (Å²) in [5.41, 5.74) is 1.96. The van der Waals surface area contributed by atoms with Gasteiger partial charge in [-0.1, -0.05) is 18.2 Å². The minimum Gasteiger partial charge on any atom is -0.457 e. The molecule has 0 bridgehead atoms. The molecular formula is C14H16O2. The van der Waals surface area contributed by atoms with Crippen molar-refractivity contribution in [3.63, 3.8) is 0 Å². The van der Waals surface area contributed by atoms with Gasteiger partial charge in [0.05, 0.1) is 6.61 Å². The average Bonchev–Trinajstić information content (AvgIpc) is 2.33. The van der Waals surface area contributed by atoms with Gasteiger partial charge in [0.1, 0.15) is 11.5 Å². The van der Waals surface area contributed by atoms with Crippen LogP contribution in [0, 0.1) is 6.92 Å². The van der Waals surface area contributed by atoms with Crippen LogP contribution in [0.4, 0.5) is 0 Å². The molecular weight excluding hydrogens is 200 g/mol. The SMILES string of the molecule is Cc1cc(CO)ccc1OC1=CCCC=C1. The maximum absolute atomic E-state index is 9.01. The van der Waals surface area contributed by atoms with E-state index in [0.29, 0.717) is 0 Å². The molecule has 84 valence electrons.